The number of hydrogen-bond donors (Lipinski definition) is 1. The second-order valence-corrected chi connectivity index (χ2v) is 5.53. The molecule has 0 atom stereocenters. The third kappa shape index (κ3) is 1.90. The van der Waals surface area contributed by atoms with Gasteiger partial charge >= 0.3 is 0 Å². The fraction of sp³-hybridized carbons (Fsp3) is 1.00. The van der Waals surface area contributed by atoms with E-state index in [0.717, 1.165) is 23.8 Å². The summed E-state index contributed by atoms with van der Waals surface area (Å²) in [4.78, 5) is 0. The van der Waals surface area contributed by atoms with Crippen molar-refractivity contribution >= 4 is 0 Å². The molecule has 2 aliphatic carbocycles. The summed E-state index contributed by atoms with van der Waals surface area (Å²) in [5.74, 6) is 1.98. The summed E-state index contributed by atoms with van der Waals surface area (Å²) in [6.45, 7) is 3.30. The normalized spacial score (nSPS) is 44.8. The second-order valence-electron chi connectivity index (χ2n) is 5.53. The lowest BCUT2D eigenvalue weighted by Gasteiger charge is -2.51. The first kappa shape index (κ1) is 9.51. The summed E-state index contributed by atoms with van der Waals surface area (Å²) < 4.78 is 0. The van der Waals surface area contributed by atoms with Gasteiger partial charge in [0, 0.05) is 0 Å². The van der Waals surface area contributed by atoms with Gasteiger partial charge in [0.15, 0.2) is 0 Å². The Bertz CT molecular complexity index is 160. The van der Waals surface area contributed by atoms with E-state index in [2.05, 4.69) is 6.92 Å². The minimum atomic E-state index is 0.810. The molecule has 0 aromatic rings. The molecular weight excluding hydrogens is 158 g/mol. The Labute approximate surface area is 82.1 Å². The molecule has 0 aromatic carbocycles. The Morgan fingerprint density at radius 3 is 2.31 bits per heavy atom. The van der Waals surface area contributed by atoms with Gasteiger partial charge in [0.2, 0.25) is 0 Å². The summed E-state index contributed by atoms with van der Waals surface area (Å²) in [5, 5.41) is 0. The van der Waals surface area contributed by atoms with Gasteiger partial charge in [0.1, 0.15) is 0 Å². The molecule has 2 N–H and O–H groups in total. The van der Waals surface area contributed by atoms with E-state index in [1.165, 1.54) is 44.9 Å². The van der Waals surface area contributed by atoms with Crippen molar-refractivity contribution in [3.8, 4) is 0 Å². The fourth-order valence-electron chi connectivity index (χ4n) is 3.64. The molecule has 2 aliphatic rings. The van der Waals surface area contributed by atoms with Gasteiger partial charge in [-0.15, -0.1) is 0 Å². The molecule has 76 valence electrons. The molecule has 0 amide bonds. The van der Waals surface area contributed by atoms with Gasteiger partial charge in [-0.1, -0.05) is 6.92 Å². The average molecular weight is 181 g/mol. The van der Waals surface area contributed by atoms with Crippen LogP contribution in [0.25, 0.3) is 0 Å². The zero-order valence-electron chi connectivity index (χ0n) is 8.89. The van der Waals surface area contributed by atoms with Crippen LogP contribution in [0.4, 0.5) is 0 Å². The molecule has 0 heterocycles. The predicted molar refractivity (Wildman–Crippen MR) is 56.5 cm³/mol. The van der Waals surface area contributed by atoms with E-state index in [-0.39, 0.29) is 0 Å². The van der Waals surface area contributed by atoms with Crippen molar-refractivity contribution in [1.29, 1.82) is 0 Å². The van der Waals surface area contributed by atoms with Gasteiger partial charge in [-0.05, 0) is 68.7 Å². The monoisotopic (exact) mass is 181 g/mol. The number of nitrogens with two attached hydrogens (primary N) is 1. The summed E-state index contributed by atoms with van der Waals surface area (Å²) in [7, 11) is 0. The van der Waals surface area contributed by atoms with E-state index < -0.39 is 0 Å². The van der Waals surface area contributed by atoms with Crippen LogP contribution in [0.3, 0.4) is 0 Å². The quantitative estimate of drug-likeness (QED) is 0.696. The Kier molecular flexibility index (Phi) is 2.64. The lowest BCUT2D eigenvalue weighted by molar-refractivity contribution is 0.00781. The number of rotatable bonds is 2. The SMILES string of the molecule is CC1CC2(CCC(CCN)CC2)C1. The first-order chi connectivity index (χ1) is 6.24. The highest BCUT2D eigenvalue weighted by atomic mass is 14.5. The Morgan fingerprint density at radius 1 is 1.23 bits per heavy atom. The Balaban J connectivity index is 1.77. The van der Waals surface area contributed by atoms with E-state index in [9.17, 15) is 0 Å². The van der Waals surface area contributed by atoms with E-state index >= 15 is 0 Å². The average Bonchev–Trinajstić information content (AvgIpc) is 2.07. The van der Waals surface area contributed by atoms with E-state index in [0.29, 0.717) is 0 Å². The van der Waals surface area contributed by atoms with Crippen LogP contribution in [0.5, 0.6) is 0 Å². The van der Waals surface area contributed by atoms with Crippen molar-refractivity contribution in [3.63, 3.8) is 0 Å². The zero-order chi connectivity index (χ0) is 9.31. The highest BCUT2D eigenvalue weighted by Gasteiger charge is 2.43. The molecule has 1 spiro atoms. The molecule has 0 unspecified atom stereocenters. The van der Waals surface area contributed by atoms with Crippen LogP contribution in [0, 0.1) is 17.3 Å². The third-order valence-electron chi connectivity index (χ3n) is 4.30. The fourth-order valence-corrected chi connectivity index (χ4v) is 3.64. The van der Waals surface area contributed by atoms with Crippen LogP contribution in [-0.2, 0) is 0 Å². The van der Waals surface area contributed by atoms with E-state index in [1.54, 1.807) is 0 Å². The number of hydrogen-bond acceptors (Lipinski definition) is 1. The van der Waals surface area contributed by atoms with E-state index in [1.807, 2.05) is 0 Å². The topological polar surface area (TPSA) is 26.0 Å². The molecule has 2 fully saturated rings. The summed E-state index contributed by atoms with van der Waals surface area (Å²) >= 11 is 0. The molecule has 0 aromatic heterocycles. The highest BCUT2D eigenvalue weighted by Crippen LogP contribution is 2.55. The minimum absolute atomic E-state index is 0.810. The third-order valence-corrected chi connectivity index (χ3v) is 4.30. The van der Waals surface area contributed by atoms with Crippen LogP contribution in [0.2, 0.25) is 0 Å². The molecule has 0 saturated heterocycles. The van der Waals surface area contributed by atoms with Crippen molar-refractivity contribution < 1.29 is 0 Å². The summed E-state index contributed by atoms with van der Waals surface area (Å²) in [6, 6.07) is 0. The Hall–Kier alpha value is -0.0400. The maximum absolute atomic E-state index is 5.60. The summed E-state index contributed by atoms with van der Waals surface area (Å²) in [6.07, 6.45) is 10.2. The Morgan fingerprint density at radius 2 is 1.85 bits per heavy atom. The van der Waals surface area contributed by atoms with Gasteiger partial charge in [-0.3, -0.25) is 0 Å². The first-order valence-electron chi connectivity index (χ1n) is 5.94. The predicted octanol–water partition coefficient (Wildman–Crippen LogP) is 2.94. The molecule has 0 bridgehead atoms. The van der Waals surface area contributed by atoms with Crippen LogP contribution in [-0.4, -0.2) is 6.54 Å². The highest BCUT2D eigenvalue weighted by molar-refractivity contribution is 4.94. The molecule has 2 rings (SSSR count). The van der Waals surface area contributed by atoms with Gasteiger partial charge in [-0.2, -0.15) is 0 Å². The van der Waals surface area contributed by atoms with Crippen LogP contribution < -0.4 is 5.73 Å². The van der Waals surface area contributed by atoms with Crippen molar-refractivity contribution in [3.05, 3.63) is 0 Å². The molecule has 1 nitrogen and oxygen atoms in total. The van der Waals surface area contributed by atoms with E-state index in [4.69, 9.17) is 5.73 Å². The molecule has 13 heavy (non-hydrogen) atoms. The molecule has 2 saturated carbocycles. The van der Waals surface area contributed by atoms with Gasteiger partial charge < -0.3 is 5.73 Å². The first-order valence-corrected chi connectivity index (χ1v) is 5.94. The van der Waals surface area contributed by atoms with Crippen molar-refractivity contribution in [2.75, 3.05) is 6.54 Å². The van der Waals surface area contributed by atoms with Crippen molar-refractivity contribution in [1.82, 2.24) is 0 Å². The molecule has 0 aliphatic heterocycles. The van der Waals surface area contributed by atoms with Gasteiger partial charge in [0.05, 0.1) is 0 Å². The lowest BCUT2D eigenvalue weighted by atomic mass is 9.55. The van der Waals surface area contributed by atoms with Crippen LogP contribution in [0.1, 0.15) is 51.9 Å². The van der Waals surface area contributed by atoms with Gasteiger partial charge in [0.25, 0.3) is 0 Å². The standard InChI is InChI=1S/C12H23N/c1-10-8-12(9-10)5-2-11(3-6-12)4-7-13/h10-11H,2-9,13H2,1H3. The largest absolute Gasteiger partial charge is 0.330 e. The van der Waals surface area contributed by atoms with Crippen molar-refractivity contribution in [2.45, 2.75) is 51.9 Å². The molecule has 0 radical (unpaired) electrons. The van der Waals surface area contributed by atoms with Crippen LogP contribution >= 0.6 is 0 Å². The zero-order valence-corrected chi connectivity index (χ0v) is 8.89. The molecular formula is C12H23N. The van der Waals surface area contributed by atoms with Crippen LogP contribution in [0.15, 0.2) is 0 Å². The maximum Gasteiger partial charge on any atom is -0.00746 e. The summed E-state index contributed by atoms with van der Waals surface area (Å²) in [5.41, 5.74) is 6.41. The maximum atomic E-state index is 5.60. The van der Waals surface area contributed by atoms with Crippen molar-refractivity contribution in [2.24, 2.45) is 23.0 Å². The smallest absolute Gasteiger partial charge is 0.00746 e. The lowest BCUT2D eigenvalue weighted by Crippen LogP contribution is -2.39. The molecule has 1 heteroatoms. The van der Waals surface area contributed by atoms with Gasteiger partial charge in [-0.25, -0.2) is 0 Å². The second kappa shape index (κ2) is 3.61. The minimum Gasteiger partial charge on any atom is -0.330 e.